The molecule has 1 unspecified atom stereocenters. The zero-order valence-corrected chi connectivity index (χ0v) is 10.9. The van der Waals surface area contributed by atoms with Crippen molar-refractivity contribution < 1.29 is 9.15 Å². The monoisotopic (exact) mass is 244 g/mol. The fourth-order valence-corrected chi connectivity index (χ4v) is 2.63. The normalized spacial score (nSPS) is 18.5. The summed E-state index contributed by atoms with van der Waals surface area (Å²) in [6, 6.07) is 3.64. The Morgan fingerprint density at radius 3 is 2.83 bits per heavy atom. The first-order chi connectivity index (χ1) is 8.56. The second kappa shape index (κ2) is 3.87. The molecule has 0 fully saturated rings. The van der Waals surface area contributed by atoms with Crippen LogP contribution in [-0.4, -0.2) is 6.10 Å². The first kappa shape index (κ1) is 11.3. The van der Waals surface area contributed by atoms with Gasteiger partial charge in [0.25, 0.3) is 0 Å². The third kappa shape index (κ3) is 1.62. The molecule has 0 saturated heterocycles. The van der Waals surface area contributed by atoms with Crippen LogP contribution in [0.1, 0.15) is 30.0 Å². The van der Waals surface area contributed by atoms with Crippen molar-refractivity contribution in [2.45, 2.75) is 39.7 Å². The van der Waals surface area contributed by atoms with Crippen LogP contribution in [0.25, 0.3) is 11.0 Å². The topological polar surface area (TPSA) is 39.4 Å². The van der Waals surface area contributed by atoms with Crippen LogP contribution in [0.4, 0.5) is 0 Å². The van der Waals surface area contributed by atoms with Gasteiger partial charge < -0.3 is 9.15 Å². The summed E-state index contributed by atoms with van der Waals surface area (Å²) in [4.78, 5) is 11.5. The number of aryl methyl sites for hydroxylation is 3. The Morgan fingerprint density at radius 2 is 2.06 bits per heavy atom. The van der Waals surface area contributed by atoms with Gasteiger partial charge in [-0.05, 0) is 50.8 Å². The zero-order valence-electron chi connectivity index (χ0n) is 10.9. The van der Waals surface area contributed by atoms with Crippen molar-refractivity contribution >= 4 is 11.0 Å². The first-order valence-corrected chi connectivity index (χ1v) is 6.30. The number of benzene rings is 1. The fourth-order valence-electron chi connectivity index (χ4n) is 2.63. The Labute approximate surface area is 105 Å². The van der Waals surface area contributed by atoms with E-state index in [0.29, 0.717) is 5.58 Å². The fraction of sp³-hybridized carbons (Fsp3) is 0.400. The van der Waals surface area contributed by atoms with Crippen LogP contribution in [0, 0.1) is 13.8 Å². The van der Waals surface area contributed by atoms with Crippen LogP contribution in [0.3, 0.4) is 0 Å². The van der Waals surface area contributed by atoms with Gasteiger partial charge in [0.15, 0.2) is 0 Å². The average molecular weight is 244 g/mol. The molecular weight excluding hydrogens is 228 g/mol. The van der Waals surface area contributed by atoms with Crippen LogP contribution < -0.4 is 10.4 Å². The van der Waals surface area contributed by atoms with Crippen molar-refractivity contribution in [3.63, 3.8) is 0 Å². The smallest absolute Gasteiger partial charge is 0.336 e. The summed E-state index contributed by atoms with van der Waals surface area (Å²) in [5, 5.41) is 1.02. The molecule has 0 radical (unpaired) electrons. The predicted molar refractivity (Wildman–Crippen MR) is 70.4 cm³/mol. The molecule has 3 rings (SSSR count). The van der Waals surface area contributed by atoms with E-state index in [1.165, 1.54) is 5.56 Å². The molecule has 0 saturated carbocycles. The summed E-state index contributed by atoms with van der Waals surface area (Å²) in [5.41, 5.74) is 3.48. The van der Waals surface area contributed by atoms with Crippen LogP contribution in [0.2, 0.25) is 0 Å². The second-order valence-electron chi connectivity index (χ2n) is 5.08. The molecular formula is C15H16O3. The maximum absolute atomic E-state index is 11.5. The van der Waals surface area contributed by atoms with Crippen molar-refractivity contribution in [3.05, 3.63) is 39.2 Å². The van der Waals surface area contributed by atoms with Gasteiger partial charge in [-0.3, -0.25) is 0 Å². The van der Waals surface area contributed by atoms with Gasteiger partial charge in [0, 0.05) is 17.0 Å². The summed E-state index contributed by atoms with van der Waals surface area (Å²) in [6.45, 7) is 5.97. The highest BCUT2D eigenvalue weighted by Crippen LogP contribution is 2.36. The largest absolute Gasteiger partial charge is 0.490 e. The molecule has 1 aromatic heterocycles. The minimum absolute atomic E-state index is 0.227. The number of hydrogen-bond donors (Lipinski definition) is 0. The van der Waals surface area contributed by atoms with Gasteiger partial charge in [-0.25, -0.2) is 4.79 Å². The molecule has 18 heavy (non-hydrogen) atoms. The maximum atomic E-state index is 11.5. The summed E-state index contributed by atoms with van der Waals surface area (Å²) in [5.74, 6) is 0.898. The summed E-state index contributed by atoms with van der Waals surface area (Å²) in [7, 11) is 0. The molecule has 1 aliphatic rings. The van der Waals surface area contributed by atoms with Gasteiger partial charge >= 0.3 is 5.63 Å². The van der Waals surface area contributed by atoms with Crippen molar-refractivity contribution in [2.24, 2.45) is 0 Å². The summed E-state index contributed by atoms with van der Waals surface area (Å²) < 4.78 is 11.2. The lowest BCUT2D eigenvalue weighted by molar-refractivity contribution is 0.191. The molecule has 0 amide bonds. The number of rotatable bonds is 0. The summed E-state index contributed by atoms with van der Waals surface area (Å²) >= 11 is 0. The van der Waals surface area contributed by atoms with Crippen molar-refractivity contribution in [2.75, 3.05) is 0 Å². The Bertz CT molecular complexity index is 682. The number of hydrogen-bond acceptors (Lipinski definition) is 3. The Balaban J connectivity index is 2.37. The molecule has 0 bridgehead atoms. The maximum Gasteiger partial charge on any atom is 0.336 e. The molecule has 1 aliphatic heterocycles. The van der Waals surface area contributed by atoms with Gasteiger partial charge in [0.2, 0.25) is 0 Å². The molecule has 94 valence electrons. The summed E-state index contributed by atoms with van der Waals surface area (Å²) in [6.07, 6.45) is 2.28. The molecule has 1 atom stereocenters. The number of fused-ring (bicyclic) bond motifs is 2. The van der Waals surface area contributed by atoms with Gasteiger partial charge in [-0.2, -0.15) is 0 Å². The van der Waals surface area contributed by atoms with Crippen molar-refractivity contribution in [1.82, 2.24) is 0 Å². The molecule has 1 aromatic carbocycles. The van der Waals surface area contributed by atoms with E-state index in [2.05, 4.69) is 13.0 Å². The van der Waals surface area contributed by atoms with Gasteiger partial charge in [0.1, 0.15) is 11.3 Å². The standard InChI is InChI=1S/C15H16O3/c1-8-6-13(16)18-15-10(3)14-11(7-12(8)15)5-4-9(2)17-14/h6-7,9H,4-5H2,1-3H3. The highest BCUT2D eigenvalue weighted by molar-refractivity contribution is 5.86. The van der Waals surface area contributed by atoms with E-state index in [1.807, 2.05) is 13.8 Å². The molecule has 3 nitrogen and oxygen atoms in total. The van der Waals surface area contributed by atoms with Gasteiger partial charge in [0.05, 0.1) is 6.10 Å². The van der Waals surface area contributed by atoms with Gasteiger partial charge in [-0.15, -0.1) is 0 Å². The lowest BCUT2D eigenvalue weighted by atomic mass is 9.96. The third-order valence-corrected chi connectivity index (χ3v) is 3.64. The van der Waals surface area contributed by atoms with Crippen LogP contribution in [0.5, 0.6) is 5.75 Å². The Hall–Kier alpha value is -1.77. The SMILES string of the molecule is Cc1cc(=O)oc2c(C)c3c(cc12)CCC(C)O3. The quantitative estimate of drug-likeness (QED) is 0.668. The van der Waals surface area contributed by atoms with E-state index < -0.39 is 0 Å². The third-order valence-electron chi connectivity index (χ3n) is 3.64. The minimum atomic E-state index is -0.299. The second-order valence-corrected chi connectivity index (χ2v) is 5.08. The Morgan fingerprint density at radius 1 is 1.28 bits per heavy atom. The highest BCUT2D eigenvalue weighted by Gasteiger charge is 2.21. The van der Waals surface area contributed by atoms with Crippen LogP contribution in [0.15, 0.2) is 21.3 Å². The molecule has 3 heteroatoms. The van der Waals surface area contributed by atoms with Crippen molar-refractivity contribution in [3.8, 4) is 5.75 Å². The van der Waals surface area contributed by atoms with Crippen LogP contribution in [-0.2, 0) is 6.42 Å². The van der Waals surface area contributed by atoms with E-state index in [0.717, 1.165) is 35.1 Å². The number of ether oxygens (including phenoxy) is 1. The first-order valence-electron chi connectivity index (χ1n) is 6.30. The van der Waals surface area contributed by atoms with Crippen LogP contribution >= 0.6 is 0 Å². The van der Waals surface area contributed by atoms with E-state index in [-0.39, 0.29) is 11.7 Å². The van der Waals surface area contributed by atoms with Gasteiger partial charge in [-0.1, -0.05) is 0 Å². The Kier molecular flexibility index (Phi) is 2.44. The molecule has 2 heterocycles. The molecule has 0 aliphatic carbocycles. The zero-order chi connectivity index (χ0) is 12.9. The lowest BCUT2D eigenvalue weighted by Gasteiger charge is -2.25. The lowest BCUT2D eigenvalue weighted by Crippen LogP contribution is -2.20. The predicted octanol–water partition coefficient (Wildman–Crippen LogP) is 3.12. The average Bonchev–Trinajstić information content (AvgIpc) is 2.32. The minimum Gasteiger partial charge on any atom is -0.490 e. The van der Waals surface area contributed by atoms with Crippen molar-refractivity contribution in [1.29, 1.82) is 0 Å². The molecule has 2 aromatic rings. The molecule has 0 spiro atoms. The molecule has 0 N–H and O–H groups in total. The van der Waals surface area contributed by atoms with E-state index >= 15 is 0 Å². The van der Waals surface area contributed by atoms with E-state index in [4.69, 9.17) is 9.15 Å². The highest BCUT2D eigenvalue weighted by atomic mass is 16.5. The van der Waals surface area contributed by atoms with E-state index in [1.54, 1.807) is 6.07 Å². The van der Waals surface area contributed by atoms with E-state index in [9.17, 15) is 4.79 Å².